The monoisotopic (exact) mass is 335 g/mol. The molecular formula is C17H15F2NO4. The van der Waals surface area contributed by atoms with Gasteiger partial charge in [-0.1, -0.05) is 12.1 Å². The Morgan fingerprint density at radius 3 is 2.42 bits per heavy atom. The molecule has 0 saturated carbocycles. The SMILES string of the molecule is C[C@@H](Oc1ccc(F)cc1F)C(=O)NCc1ccc(C(=O)O)cc1. The fourth-order valence-electron chi connectivity index (χ4n) is 1.91. The van der Waals surface area contributed by atoms with E-state index in [-0.39, 0.29) is 17.9 Å². The van der Waals surface area contributed by atoms with Crippen LogP contribution in [0.15, 0.2) is 42.5 Å². The quantitative estimate of drug-likeness (QED) is 0.851. The molecule has 1 atom stereocenters. The van der Waals surface area contributed by atoms with Gasteiger partial charge in [-0.25, -0.2) is 13.6 Å². The van der Waals surface area contributed by atoms with Gasteiger partial charge in [0.05, 0.1) is 5.56 Å². The van der Waals surface area contributed by atoms with Crippen molar-refractivity contribution in [2.45, 2.75) is 19.6 Å². The summed E-state index contributed by atoms with van der Waals surface area (Å²) in [5.41, 5.74) is 0.849. The van der Waals surface area contributed by atoms with E-state index in [1.165, 1.54) is 19.1 Å². The largest absolute Gasteiger partial charge is 0.478 e. The van der Waals surface area contributed by atoms with Crippen molar-refractivity contribution in [2.24, 2.45) is 0 Å². The van der Waals surface area contributed by atoms with E-state index in [4.69, 9.17) is 9.84 Å². The van der Waals surface area contributed by atoms with Crippen molar-refractivity contribution in [2.75, 3.05) is 0 Å². The number of carbonyl (C=O) groups excluding carboxylic acids is 1. The highest BCUT2D eigenvalue weighted by atomic mass is 19.1. The van der Waals surface area contributed by atoms with Crippen LogP contribution in [-0.2, 0) is 11.3 Å². The van der Waals surface area contributed by atoms with Crippen molar-refractivity contribution >= 4 is 11.9 Å². The van der Waals surface area contributed by atoms with E-state index in [1.807, 2.05) is 0 Å². The van der Waals surface area contributed by atoms with E-state index in [0.717, 1.165) is 12.1 Å². The molecule has 5 nitrogen and oxygen atoms in total. The van der Waals surface area contributed by atoms with Crippen LogP contribution in [0.25, 0.3) is 0 Å². The second-order valence-corrected chi connectivity index (χ2v) is 5.05. The molecule has 2 N–H and O–H groups in total. The Hall–Kier alpha value is -2.96. The fraction of sp³-hybridized carbons (Fsp3) is 0.176. The molecule has 0 aliphatic carbocycles. The third kappa shape index (κ3) is 4.52. The maximum Gasteiger partial charge on any atom is 0.335 e. The lowest BCUT2D eigenvalue weighted by atomic mass is 10.1. The summed E-state index contributed by atoms with van der Waals surface area (Å²) in [5, 5.41) is 11.4. The van der Waals surface area contributed by atoms with Crippen LogP contribution >= 0.6 is 0 Å². The Morgan fingerprint density at radius 1 is 1.17 bits per heavy atom. The number of rotatable bonds is 6. The van der Waals surface area contributed by atoms with E-state index in [0.29, 0.717) is 11.6 Å². The van der Waals surface area contributed by atoms with E-state index >= 15 is 0 Å². The van der Waals surface area contributed by atoms with Gasteiger partial charge in [0.15, 0.2) is 17.7 Å². The molecule has 2 aromatic rings. The van der Waals surface area contributed by atoms with E-state index in [9.17, 15) is 18.4 Å². The molecule has 126 valence electrons. The van der Waals surface area contributed by atoms with Crippen LogP contribution in [0.5, 0.6) is 5.75 Å². The third-order valence-electron chi connectivity index (χ3n) is 3.23. The molecule has 2 rings (SSSR count). The number of nitrogens with one attached hydrogen (secondary N) is 1. The zero-order valence-electron chi connectivity index (χ0n) is 12.8. The Bertz CT molecular complexity index is 747. The van der Waals surface area contributed by atoms with Gasteiger partial charge in [0.25, 0.3) is 5.91 Å². The molecule has 7 heteroatoms. The van der Waals surface area contributed by atoms with Crippen molar-refractivity contribution in [3.8, 4) is 5.75 Å². The maximum absolute atomic E-state index is 13.5. The minimum absolute atomic E-state index is 0.147. The second kappa shape index (κ2) is 7.54. The first-order valence-electron chi connectivity index (χ1n) is 7.08. The number of hydrogen-bond donors (Lipinski definition) is 2. The van der Waals surface area contributed by atoms with Crippen molar-refractivity contribution in [1.29, 1.82) is 0 Å². The molecule has 0 aliphatic heterocycles. The average molecular weight is 335 g/mol. The third-order valence-corrected chi connectivity index (χ3v) is 3.23. The maximum atomic E-state index is 13.5. The van der Waals surface area contributed by atoms with E-state index in [2.05, 4.69) is 5.32 Å². The molecule has 0 bridgehead atoms. The highest BCUT2D eigenvalue weighted by Gasteiger charge is 2.16. The molecule has 0 heterocycles. The van der Waals surface area contributed by atoms with Crippen LogP contribution in [0.4, 0.5) is 8.78 Å². The Kier molecular flexibility index (Phi) is 5.47. The lowest BCUT2D eigenvalue weighted by Crippen LogP contribution is -2.36. The summed E-state index contributed by atoms with van der Waals surface area (Å²) in [7, 11) is 0. The fourth-order valence-corrected chi connectivity index (χ4v) is 1.91. The van der Waals surface area contributed by atoms with Crippen molar-refractivity contribution in [3.63, 3.8) is 0 Å². The van der Waals surface area contributed by atoms with Crippen LogP contribution in [0, 0.1) is 11.6 Å². The summed E-state index contributed by atoms with van der Waals surface area (Å²) in [6.45, 7) is 1.60. The minimum atomic E-state index is -1.03. The van der Waals surface area contributed by atoms with Gasteiger partial charge < -0.3 is 15.2 Å². The number of carbonyl (C=O) groups is 2. The van der Waals surface area contributed by atoms with Crippen LogP contribution in [0.3, 0.4) is 0 Å². The molecule has 0 aromatic heterocycles. The Balaban J connectivity index is 1.90. The predicted octanol–water partition coefficient (Wildman–Crippen LogP) is 2.75. The normalized spacial score (nSPS) is 11.6. The molecule has 0 aliphatic rings. The van der Waals surface area contributed by atoms with Gasteiger partial charge in [-0.15, -0.1) is 0 Å². The molecular weight excluding hydrogens is 320 g/mol. The topological polar surface area (TPSA) is 75.6 Å². The highest BCUT2D eigenvalue weighted by Crippen LogP contribution is 2.19. The highest BCUT2D eigenvalue weighted by molar-refractivity contribution is 5.87. The number of amides is 1. The standard InChI is InChI=1S/C17H15F2NO4/c1-10(24-15-7-6-13(18)8-14(15)19)16(21)20-9-11-2-4-12(5-3-11)17(22)23/h2-8,10H,9H2,1H3,(H,20,21)(H,22,23)/t10-/m1/s1. The first-order valence-corrected chi connectivity index (χ1v) is 7.08. The summed E-state index contributed by atoms with van der Waals surface area (Å²) >= 11 is 0. The Morgan fingerprint density at radius 2 is 1.83 bits per heavy atom. The summed E-state index contributed by atoms with van der Waals surface area (Å²) in [5.74, 6) is -3.36. The molecule has 0 spiro atoms. The van der Waals surface area contributed by atoms with Gasteiger partial charge >= 0.3 is 5.97 Å². The van der Waals surface area contributed by atoms with Crippen LogP contribution in [0.1, 0.15) is 22.8 Å². The lowest BCUT2D eigenvalue weighted by Gasteiger charge is -2.15. The molecule has 2 aromatic carbocycles. The van der Waals surface area contributed by atoms with Crippen LogP contribution < -0.4 is 10.1 Å². The minimum Gasteiger partial charge on any atom is -0.478 e. The summed E-state index contributed by atoms with van der Waals surface area (Å²) < 4.78 is 31.5. The van der Waals surface area contributed by atoms with Gasteiger partial charge in [0, 0.05) is 12.6 Å². The number of carboxylic acids is 1. The smallest absolute Gasteiger partial charge is 0.335 e. The zero-order chi connectivity index (χ0) is 17.7. The molecule has 0 unspecified atom stereocenters. The Labute approximate surface area is 136 Å². The van der Waals surface area contributed by atoms with E-state index < -0.39 is 29.6 Å². The zero-order valence-corrected chi connectivity index (χ0v) is 12.8. The van der Waals surface area contributed by atoms with Gasteiger partial charge in [-0.3, -0.25) is 4.79 Å². The van der Waals surface area contributed by atoms with Gasteiger partial charge in [0.1, 0.15) is 5.82 Å². The predicted molar refractivity (Wildman–Crippen MR) is 81.7 cm³/mol. The number of benzene rings is 2. The van der Waals surface area contributed by atoms with Gasteiger partial charge in [-0.2, -0.15) is 0 Å². The number of carboxylic acid groups (broad SMARTS) is 1. The molecule has 24 heavy (non-hydrogen) atoms. The van der Waals surface area contributed by atoms with Crippen LogP contribution in [0.2, 0.25) is 0 Å². The van der Waals surface area contributed by atoms with Crippen molar-refractivity contribution < 1.29 is 28.2 Å². The number of hydrogen-bond acceptors (Lipinski definition) is 3. The molecule has 0 saturated heterocycles. The number of aromatic carboxylic acids is 1. The number of halogens is 2. The number of ether oxygens (including phenoxy) is 1. The van der Waals surface area contributed by atoms with Crippen molar-refractivity contribution in [3.05, 3.63) is 65.2 Å². The van der Waals surface area contributed by atoms with Crippen LogP contribution in [-0.4, -0.2) is 23.1 Å². The average Bonchev–Trinajstić information content (AvgIpc) is 2.55. The summed E-state index contributed by atoms with van der Waals surface area (Å²) in [6, 6.07) is 8.83. The van der Waals surface area contributed by atoms with E-state index in [1.54, 1.807) is 12.1 Å². The first-order chi connectivity index (χ1) is 11.4. The molecule has 0 radical (unpaired) electrons. The lowest BCUT2D eigenvalue weighted by molar-refractivity contribution is -0.127. The molecule has 1 amide bonds. The summed E-state index contributed by atoms with van der Waals surface area (Å²) in [6.07, 6.45) is -0.983. The van der Waals surface area contributed by atoms with Gasteiger partial charge in [-0.05, 0) is 36.8 Å². The molecule has 0 fully saturated rings. The summed E-state index contributed by atoms with van der Waals surface area (Å²) in [4.78, 5) is 22.7. The second-order valence-electron chi connectivity index (χ2n) is 5.05. The first kappa shape index (κ1) is 17.4. The van der Waals surface area contributed by atoms with Crippen molar-refractivity contribution in [1.82, 2.24) is 5.32 Å². The van der Waals surface area contributed by atoms with Gasteiger partial charge in [0.2, 0.25) is 0 Å².